The van der Waals surface area contributed by atoms with Crippen molar-refractivity contribution in [1.29, 1.82) is 0 Å². The van der Waals surface area contributed by atoms with Crippen LogP contribution in [-0.4, -0.2) is 23.5 Å². The fourth-order valence-corrected chi connectivity index (χ4v) is 3.22. The van der Waals surface area contributed by atoms with Crippen LogP contribution in [0.3, 0.4) is 0 Å². The third kappa shape index (κ3) is 4.29. The molecule has 0 aliphatic rings. The first-order valence-corrected chi connectivity index (χ1v) is 7.94. The Labute approximate surface area is 127 Å². The summed E-state index contributed by atoms with van der Waals surface area (Å²) in [7, 11) is 0. The van der Waals surface area contributed by atoms with E-state index in [0.717, 1.165) is 28.5 Å². The van der Waals surface area contributed by atoms with Crippen LogP contribution in [-0.2, 0) is 4.79 Å². The van der Waals surface area contributed by atoms with Crippen molar-refractivity contribution in [2.24, 2.45) is 0 Å². The van der Waals surface area contributed by atoms with Gasteiger partial charge in [0, 0.05) is 28.4 Å². The van der Waals surface area contributed by atoms with Crippen molar-refractivity contribution in [3.8, 4) is 0 Å². The number of carbonyl (C=O) groups is 2. The first-order chi connectivity index (χ1) is 10.1. The molecular formula is C16H19NO3S. The molecule has 0 atom stereocenters. The van der Waals surface area contributed by atoms with Gasteiger partial charge in [-0.3, -0.25) is 9.59 Å². The van der Waals surface area contributed by atoms with E-state index in [1.54, 1.807) is 11.3 Å². The maximum atomic E-state index is 12.1. The van der Waals surface area contributed by atoms with E-state index in [1.807, 2.05) is 24.4 Å². The van der Waals surface area contributed by atoms with E-state index >= 15 is 0 Å². The molecule has 2 aromatic rings. The van der Waals surface area contributed by atoms with E-state index in [1.165, 1.54) is 5.56 Å². The zero-order valence-electron chi connectivity index (χ0n) is 12.0. The van der Waals surface area contributed by atoms with Crippen molar-refractivity contribution >= 4 is 33.3 Å². The summed E-state index contributed by atoms with van der Waals surface area (Å²) in [6.45, 7) is 2.62. The Hall–Kier alpha value is -1.88. The predicted molar refractivity (Wildman–Crippen MR) is 85.0 cm³/mol. The standard InChI is InChI=1S/C16H19NO3S/c1-11-6-7-12-13(10-21-14(12)9-11)16(20)17-8-4-2-3-5-15(18)19/h6-7,9-10H,2-5,8H2,1H3,(H,17,20)(H,18,19). The lowest BCUT2D eigenvalue weighted by Gasteiger charge is -2.04. The zero-order chi connectivity index (χ0) is 15.2. The molecule has 0 aliphatic heterocycles. The number of hydrogen-bond donors (Lipinski definition) is 2. The summed E-state index contributed by atoms with van der Waals surface area (Å²) in [5.41, 5.74) is 1.91. The number of aliphatic carboxylic acids is 1. The molecule has 0 aliphatic carbocycles. The Bertz CT molecular complexity index is 648. The van der Waals surface area contributed by atoms with Gasteiger partial charge in [-0.1, -0.05) is 18.6 Å². The summed E-state index contributed by atoms with van der Waals surface area (Å²) in [6.07, 6.45) is 2.48. The molecule has 2 N–H and O–H groups in total. The number of carboxylic acid groups (broad SMARTS) is 1. The number of nitrogens with one attached hydrogen (secondary N) is 1. The van der Waals surface area contributed by atoms with Crippen molar-refractivity contribution in [2.75, 3.05) is 6.54 Å². The highest BCUT2D eigenvalue weighted by atomic mass is 32.1. The van der Waals surface area contributed by atoms with Crippen LogP contribution >= 0.6 is 11.3 Å². The first-order valence-electron chi connectivity index (χ1n) is 7.06. The summed E-state index contributed by atoms with van der Waals surface area (Å²) in [5.74, 6) is -0.817. The fourth-order valence-electron chi connectivity index (χ4n) is 2.19. The molecule has 0 unspecified atom stereocenters. The van der Waals surface area contributed by atoms with Gasteiger partial charge in [0.25, 0.3) is 5.91 Å². The maximum Gasteiger partial charge on any atom is 0.303 e. The van der Waals surface area contributed by atoms with Crippen LogP contribution < -0.4 is 5.32 Å². The topological polar surface area (TPSA) is 66.4 Å². The van der Waals surface area contributed by atoms with Crippen LogP contribution in [0.5, 0.6) is 0 Å². The number of hydrogen-bond acceptors (Lipinski definition) is 3. The molecular weight excluding hydrogens is 286 g/mol. The monoisotopic (exact) mass is 305 g/mol. The van der Waals surface area contributed by atoms with E-state index in [2.05, 4.69) is 11.4 Å². The molecule has 112 valence electrons. The van der Waals surface area contributed by atoms with Gasteiger partial charge in [0.15, 0.2) is 0 Å². The van der Waals surface area contributed by atoms with Crippen LogP contribution in [0.1, 0.15) is 41.6 Å². The first kappa shape index (κ1) is 15.5. The molecule has 1 heterocycles. The van der Waals surface area contributed by atoms with Gasteiger partial charge in [-0.05, 0) is 31.4 Å². The lowest BCUT2D eigenvalue weighted by atomic mass is 10.1. The van der Waals surface area contributed by atoms with Crippen molar-refractivity contribution in [1.82, 2.24) is 5.32 Å². The number of unbranched alkanes of at least 4 members (excludes halogenated alkanes) is 2. The fraction of sp³-hybridized carbons (Fsp3) is 0.375. The zero-order valence-corrected chi connectivity index (χ0v) is 12.8. The second kappa shape index (κ2) is 7.22. The summed E-state index contributed by atoms with van der Waals surface area (Å²) < 4.78 is 1.13. The van der Waals surface area contributed by atoms with Crippen molar-refractivity contribution < 1.29 is 14.7 Å². The predicted octanol–water partition coefficient (Wildman–Crippen LogP) is 3.58. The van der Waals surface area contributed by atoms with Gasteiger partial charge in [0.1, 0.15) is 0 Å². The molecule has 5 heteroatoms. The van der Waals surface area contributed by atoms with E-state index in [0.29, 0.717) is 13.0 Å². The Kier molecular flexibility index (Phi) is 5.33. The number of thiophene rings is 1. The molecule has 2 rings (SSSR count). The largest absolute Gasteiger partial charge is 0.481 e. The summed E-state index contributed by atoms with van der Waals surface area (Å²) >= 11 is 1.58. The van der Waals surface area contributed by atoms with Gasteiger partial charge in [0.05, 0.1) is 5.56 Å². The van der Waals surface area contributed by atoms with Gasteiger partial charge in [-0.15, -0.1) is 11.3 Å². The van der Waals surface area contributed by atoms with E-state index in [4.69, 9.17) is 5.11 Å². The summed E-state index contributed by atoms with van der Waals surface area (Å²) in [6, 6.07) is 6.09. The van der Waals surface area contributed by atoms with Gasteiger partial charge in [-0.25, -0.2) is 0 Å². The molecule has 1 amide bonds. The van der Waals surface area contributed by atoms with Crippen LogP contribution in [0.2, 0.25) is 0 Å². The molecule has 0 saturated carbocycles. The minimum atomic E-state index is -0.765. The number of carboxylic acids is 1. The van der Waals surface area contributed by atoms with Gasteiger partial charge < -0.3 is 10.4 Å². The molecule has 1 aromatic carbocycles. The molecule has 0 bridgehead atoms. The lowest BCUT2D eigenvalue weighted by molar-refractivity contribution is -0.137. The summed E-state index contributed by atoms with van der Waals surface area (Å²) in [4.78, 5) is 22.5. The number of carbonyl (C=O) groups excluding carboxylic acids is 1. The minimum absolute atomic E-state index is 0.0525. The average Bonchev–Trinajstić information content (AvgIpc) is 2.85. The number of aryl methyl sites for hydroxylation is 1. The van der Waals surface area contributed by atoms with E-state index in [-0.39, 0.29) is 12.3 Å². The summed E-state index contributed by atoms with van der Waals surface area (Å²) in [5, 5.41) is 14.3. The molecule has 1 aromatic heterocycles. The van der Waals surface area contributed by atoms with Gasteiger partial charge in [0.2, 0.25) is 0 Å². The van der Waals surface area contributed by atoms with Crippen molar-refractivity contribution in [3.05, 3.63) is 34.7 Å². The number of fused-ring (bicyclic) bond motifs is 1. The maximum absolute atomic E-state index is 12.1. The molecule has 0 spiro atoms. The SMILES string of the molecule is Cc1ccc2c(C(=O)NCCCCCC(=O)O)csc2c1. The smallest absolute Gasteiger partial charge is 0.303 e. The Balaban J connectivity index is 1.84. The Morgan fingerprint density at radius 2 is 2.05 bits per heavy atom. The second-order valence-electron chi connectivity index (χ2n) is 5.11. The van der Waals surface area contributed by atoms with Crippen molar-refractivity contribution in [2.45, 2.75) is 32.6 Å². The highest BCUT2D eigenvalue weighted by Gasteiger charge is 2.11. The molecule has 0 fully saturated rings. The molecule has 21 heavy (non-hydrogen) atoms. The van der Waals surface area contributed by atoms with Crippen LogP contribution in [0.25, 0.3) is 10.1 Å². The lowest BCUT2D eigenvalue weighted by Crippen LogP contribution is -2.24. The quantitative estimate of drug-likeness (QED) is 0.768. The third-order valence-corrected chi connectivity index (χ3v) is 4.27. The van der Waals surface area contributed by atoms with Gasteiger partial charge >= 0.3 is 5.97 Å². The number of benzene rings is 1. The van der Waals surface area contributed by atoms with Gasteiger partial charge in [-0.2, -0.15) is 0 Å². The molecule has 0 radical (unpaired) electrons. The average molecular weight is 305 g/mol. The number of amides is 1. The second-order valence-corrected chi connectivity index (χ2v) is 6.02. The molecule has 0 saturated heterocycles. The highest BCUT2D eigenvalue weighted by Crippen LogP contribution is 2.26. The van der Waals surface area contributed by atoms with Crippen LogP contribution in [0.4, 0.5) is 0 Å². The van der Waals surface area contributed by atoms with E-state index < -0.39 is 5.97 Å². The van der Waals surface area contributed by atoms with Crippen molar-refractivity contribution in [3.63, 3.8) is 0 Å². The third-order valence-electron chi connectivity index (χ3n) is 3.33. The highest BCUT2D eigenvalue weighted by molar-refractivity contribution is 7.17. The van der Waals surface area contributed by atoms with E-state index in [9.17, 15) is 9.59 Å². The van der Waals surface area contributed by atoms with Crippen LogP contribution in [0, 0.1) is 6.92 Å². The molecule has 4 nitrogen and oxygen atoms in total. The Morgan fingerprint density at radius 1 is 1.24 bits per heavy atom. The number of rotatable bonds is 7. The minimum Gasteiger partial charge on any atom is -0.481 e. The van der Waals surface area contributed by atoms with Crippen LogP contribution in [0.15, 0.2) is 23.6 Å². The Morgan fingerprint density at radius 3 is 2.81 bits per heavy atom. The normalized spacial score (nSPS) is 10.7.